The molecule has 1 aromatic rings. The third-order valence-electron chi connectivity index (χ3n) is 3.40. The van der Waals surface area contributed by atoms with E-state index in [-0.39, 0.29) is 6.10 Å². The summed E-state index contributed by atoms with van der Waals surface area (Å²) in [6, 6.07) is 8.23. The summed E-state index contributed by atoms with van der Waals surface area (Å²) in [6.07, 6.45) is 4.77. The summed E-state index contributed by atoms with van der Waals surface area (Å²) in [4.78, 5) is 1.24. The Bertz CT molecular complexity index is 331. The van der Waals surface area contributed by atoms with Gasteiger partial charge in [0, 0.05) is 18.1 Å². The number of rotatable bonds is 4. The van der Waals surface area contributed by atoms with Gasteiger partial charge in [0.2, 0.25) is 0 Å². The molecule has 1 fully saturated rings. The average Bonchev–Trinajstić information content (AvgIpc) is 2.40. The van der Waals surface area contributed by atoms with E-state index in [1.165, 1.54) is 4.90 Å². The average molecular weight is 252 g/mol. The second-order valence-electron chi connectivity index (χ2n) is 4.58. The fourth-order valence-electron chi connectivity index (χ4n) is 2.26. The predicted octanol–water partition coefficient (Wildman–Crippen LogP) is 3.26. The second kappa shape index (κ2) is 6.43. The van der Waals surface area contributed by atoms with Crippen LogP contribution < -0.4 is 0 Å². The normalized spacial score (nSPS) is 19.2. The first-order valence-electron chi connectivity index (χ1n) is 6.19. The summed E-state index contributed by atoms with van der Waals surface area (Å²) in [5.41, 5.74) is 1.04. The molecule has 0 bridgehead atoms. The maximum Gasteiger partial charge on any atom is 0.0792 e. The molecule has 0 radical (unpaired) electrons. The summed E-state index contributed by atoms with van der Waals surface area (Å²) >= 11 is 1.73. The minimum absolute atomic E-state index is 0.325. The number of hydrogen-bond acceptors (Lipinski definition) is 3. The maximum absolute atomic E-state index is 10.2. The number of benzene rings is 1. The predicted molar refractivity (Wildman–Crippen MR) is 71.3 cm³/mol. The fourth-order valence-corrected chi connectivity index (χ4v) is 2.67. The van der Waals surface area contributed by atoms with E-state index >= 15 is 0 Å². The molecule has 0 amide bonds. The lowest BCUT2D eigenvalue weighted by Crippen LogP contribution is -2.18. The molecule has 1 saturated heterocycles. The van der Waals surface area contributed by atoms with Crippen molar-refractivity contribution >= 4 is 11.8 Å². The maximum atomic E-state index is 10.2. The quantitative estimate of drug-likeness (QED) is 0.834. The lowest BCUT2D eigenvalue weighted by atomic mass is 9.91. The third kappa shape index (κ3) is 3.73. The Morgan fingerprint density at radius 2 is 1.94 bits per heavy atom. The molecule has 94 valence electrons. The Labute approximate surface area is 107 Å². The third-order valence-corrected chi connectivity index (χ3v) is 4.14. The van der Waals surface area contributed by atoms with Crippen molar-refractivity contribution in [2.75, 3.05) is 19.5 Å². The van der Waals surface area contributed by atoms with Gasteiger partial charge in [-0.15, -0.1) is 11.8 Å². The number of aliphatic hydroxyl groups is 1. The highest BCUT2D eigenvalue weighted by Gasteiger charge is 2.18. The molecular weight excluding hydrogens is 232 g/mol. The Morgan fingerprint density at radius 3 is 2.53 bits per heavy atom. The van der Waals surface area contributed by atoms with Gasteiger partial charge in [-0.05, 0) is 49.1 Å². The van der Waals surface area contributed by atoms with E-state index in [4.69, 9.17) is 4.74 Å². The van der Waals surface area contributed by atoms with Crippen LogP contribution in [-0.4, -0.2) is 24.6 Å². The van der Waals surface area contributed by atoms with Crippen LogP contribution >= 0.6 is 11.8 Å². The molecule has 0 saturated carbocycles. The molecule has 1 N–H and O–H groups in total. The van der Waals surface area contributed by atoms with Crippen LogP contribution in [0.4, 0.5) is 0 Å². The van der Waals surface area contributed by atoms with Crippen molar-refractivity contribution in [3.8, 4) is 0 Å². The molecule has 2 rings (SSSR count). The Balaban J connectivity index is 1.91. The standard InChI is InChI=1S/C14H20O2S/c1-17-13-4-2-12(3-5-13)14(15)10-11-6-8-16-9-7-11/h2-5,11,14-15H,6-10H2,1H3. The van der Waals surface area contributed by atoms with Gasteiger partial charge in [0.05, 0.1) is 6.10 Å². The fraction of sp³-hybridized carbons (Fsp3) is 0.571. The molecule has 1 heterocycles. The van der Waals surface area contributed by atoms with Gasteiger partial charge in [-0.1, -0.05) is 12.1 Å². The van der Waals surface area contributed by atoms with Crippen LogP contribution in [0.25, 0.3) is 0 Å². The molecule has 2 nitrogen and oxygen atoms in total. The van der Waals surface area contributed by atoms with Gasteiger partial charge < -0.3 is 9.84 Å². The number of thioether (sulfide) groups is 1. The second-order valence-corrected chi connectivity index (χ2v) is 5.46. The Morgan fingerprint density at radius 1 is 1.29 bits per heavy atom. The van der Waals surface area contributed by atoms with Crippen LogP contribution in [0.15, 0.2) is 29.2 Å². The van der Waals surface area contributed by atoms with Gasteiger partial charge in [-0.25, -0.2) is 0 Å². The first-order valence-corrected chi connectivity index (χ1v) is 7.42. The zero-order valence-corrected chi connectivity index (χ0v) is 11.1. The van der Waals surface area contributed by atoms with E-state index in [0.717, 1.165) is 38.0 Å². The van der Waals surface area contributed by atoms with Gasteiger partial charge in [0.15, 0.2) is 0 Å². The van der Waals surface area contributed by atoms with Crippen molar-refractivity contribution in [3.63, 3.8) is 0 Å². The molecule has 0 aliphatic carbocycles. The van der Waals surface area contributed by atoms with Crippen LogP contribution in [0.2, 0.25) is 0 Å². The molecule has 0 aromatic heterocycles. The van der Waals surface area contributed by atoms with Crippen molar-refractivity contribution < 1.29 is 9.84 Å². The van der Waals surface area contributed by atoms with Gasteiger partial charge >= 0.3 is 0 Å². The van der Waals surface area contributed by atoms with E-state index in [1.54, 1.807) is 11.8 Å². The van der Waals surface area contributed by atoms with E-state index in [9.17, 15) is 5.11 Å². The van der Waals surface area contributed by atoms with Crippen LogP contribution in [0.1, 0.15) is 30.9 Å². The lowest BCUT2D eigenvalue weighted by Gasteiger charge is -2.24. The SMILES string of the molecule is CSc1ccc(C(O)CC2CCOCC2)cc1. The van der Waals surface area contributed by atoms with Crippen molar-refractivity contribution in [1.82, 2.24) is 0 Å². The molecule has 1 aromatic carbocycles. The topological polar surface area (TPSA) is 29.5 Å². The van der Waals surface area contributed by atoms with Crippen LogP contribution in [0, 0.1) is 5.92 Å². The van der Waals surface area contributed by atoms with Gasteiger partial charge in [-0.2, -0.15) is 0 Å². The summed E-state index contributed by atoms with van der Waals surface area (Å²) in [5.74, 6) is 0.610. The smallest absolute Gasteiger partial charge is 0.0792 e. The Hall–Kier alpha value is -0.510. The summed E-state index contributed by atoms with van der Waals surface area (Å²) in [6.45, 7) is 1.70. The van der Waals surface area contributed by atoms with Crippen LogP contribution in [0.5, 0.6) is 0 Å². The highest BCUT2D eigenvalue weighted by molar-refractivity contribution is 7.98. The van der Waals surface area contributed by atoms with Crippen molar-refractivity contribution in [2.24, 2.45) is 5.92 Å². The van der Waals surface area contributed by atoms with Crippen molar-refractivity contribution in [3.05, 3.63) is 29.8 Å². The first-order chi connectivity index (χ1) is 8.29. The first kappa shape index (κ1) is 12.9. The van der Waals surface area contributed by atoms with E-state index in [0.29, 0.717) is 5.92 Å². The van der Waals surface area contributed by atoms with Gasteiger partial charge in [0.25, 0.3) is 0 Å². The molecule has 1 unspecified atom stereocenters. The van der Waals surface area contributed by atoms with E-state index in [2.05, 4.69) is 18.4 Å². The highest BCUT2D eigenvalue weighted by Crippen LogP contribution is 2.28. The zero-order valence-electron chi connectivity index (χ0n) is 10.3. The molecule has 1 atom stereocenters. The number of hydrogen-bond donors (Lipinski definition) is 1. The lowest BCUT2D eigenvalue weighted by molar-refractivity contribution is 0.0435. The minimum atomic E-state index is -0.325. The monoisotopic (exact) mass is 252 g/mol. The van der Waals surface area contributed by atoms with Crippen molar-refractivity contribution in [1.29, 1.82) is 0 Å². The molecule has 1 aliphatic rings. The zero-order chi connectivity index (χ0) is 12.1. The number of ether oxygens (including phenoxy) is 1. The largest absolute Gasteiger partial charge is 0.388 e. The van der Waals surface area contributed by atoms with Crippen LogP contribution in [-0.2, 0) is 4.74 Å². The summed E-state index contributed by atoms with van der Waals surface area (Å²) < 4.78 is 5.33. The van der Waals surface area contributed by atoms with E-state index < -0.39 is 0 Å². The van der Waals surface area contributed by atoms with Crippen LogP contribution in [0.3, 0.4) is 0 Å². The van der Waals surface area contributed by atoms with Gasteiger partial charge in [0.1, 0.15) is 0 Å². The molecule has 3 heteroatoms. The summed E-state index contributed by atoms with van der Waals surface area (Å²) in [5, 5.41) is 10.2. The molecule has 17 heavy (non-hydrogen) atoms. The highest BCUT2D eigenvalue weighted by atomic mass is 32.2. The van der Waals surface area contributed by atoms with Crippen molar-refractivity contribution in [2.45, 2.75) is 30.3 Å². The Kier molecular flexibility index (Phi) is 4.89. The summed E-state index contributed by atoms with van der Waals surface area (Å²) in [7, 11) is 0. The molecule has 0 spiro atoms. The minimum Gasteiger partial charge on any atom is -0.388 e. The number of aliphatic hydroxyl groups excluding tert-OH is 1. The molecule has 1 aliphatic heterocycles. The molecular formula is C14H20O2S. The van der Waals surface area contributed by atoms with Gasteiger partial charge in [-0.3, -0.25) is 0 Å². The van der Waals surface area contributed by atoms with E-state index in [1.807, 2.05) is 12.1 Å².